The minimum atomic E-state index is -0.348. The van der Waals surface area contributed by atoms with Gasteiger partial charge in [0.05, 0.1) is 40.7 Å². The summed E-state index contributed by atoms with van der Waals surface area (Å²) in [6, 6.07) is 8.69. The summed E-state index contributed by atoms with van der Waals surface area (Å²) in [5, 5.41) is 8.86. The van der Waals surface area contributed by atoms with E-state index in [1.54, 1.807) is 41.5 Å². The van der Waals surface area contributed by atoms with Gasteiger partial charge in [0.25, 0.3) is 5.91 Å². The first-order chi connectivity index (χ1) is 13.0. The first-order valence-corrected chi connectivity index (χ1v) is 8.88. The van der Waals surface area contributed by atoms with Gasteiger partial charge >= 0.3 is 0 Å². The highest BCUT2D eigenvalue weighted by Gasteiger charge is 2.19. The van der Waals surface area contributed by atoms with Crippen LogP contribution in [0.25, 0.3) is 11.0 Å². The van der Waals surface area contributed by atoms with Gasteiger partial charge in [-0.25, -0.2) is 9.67 Å². The SMILES string of the molecule is Cc1nn(Cc2ccoc2)c2ncc(C(=O)Nc3ccc(Cl)cc3)c(Cl)c12. The van der Waals surface area contributed by atoms with Crippen LogP contribution >= 0.6 is 23.2 Å². The van der Waals surface area contributed by atoms with Crippen molar-refractivity contribution in [3.05, 3.63) is 75.9 Å². The molecule has 27 heavy (non-hydrogen) atoms. The van der Waals surface area contributed by atoms with Crippen molar-refractivity contribution >= 4 is 45.8 Å². The fourth-order valence-electron chi connectivity index (χ4n) is 2.83. The summed E-state index contributed by atoms with van der Waals surface area (Å²) in [5.74, 6) is -0.348. The Morgan fingerprint density at radius 2 is 2.00 bits per heavy atom. The Labute approximate surface area is 164 Å². The summed E-state index contributed by atoms with van der Waals surface area (Å²) in [5.41, 5.74) is 3.17. The van der Waals surface area contributed by atoms with Crippen molar-refractivity contribution in [1.82, 2.24) is 14.8 Å². The molecule has 0 radical (unpaired) electrons. The Bertz CT molecular complexity index is 1120. The molecule has 4 aromatic rings. The van der Waals surface area contributed by atoms with Crippen molar-refractivity contribution in [2.24, 2.45) is 0 Å². The van der Waals surface area contributed by atoms with Crippen molar-refractivity contribution < 1.29 is 9.21 Å². The fraction of sp³-hybridized carbons (Fsp3) is 0.105. The monoisotopic (exact) mass is 400 g/mol. The summed E-state index contributed by atoms with van der Waals surface area (Å²) < 4.78 is 6.83. The number of nitrogens with one attached hydrogen (secondary N) is 1. The molecule has 3 aromatic heterocycles. The first kappa shape index (κ1) is 17.6. The number of pyridine rings is 1. The Morgan fingerprint density at radius 1 is 1.22 bits per heavy atom. The number of hydrogen-bond donors (Lipinski definition) is 1. The molecule has 3 heterocycles. The van der Waals surface area contributed by atoms with Gasteiger partial charge < -0.3 is 9.73 Å². The smallest absolute Gasteiger partial charge is 0.258 e. The van der Waals surface area contributed by atoms with Gasteiger partial charge in [0, 0.05) is 22.5 Å². The lowest BCUT2D eigenvalue weighted by Gasteiger charge is -2.08. The van der Waals surface area contributed by atoms with Gasteiger partial charge in [0.15, 0.2) is 5.65 Å². The van der Waals surface area contributed by atoms with E-state index >= 15 is 0 Å². The molecule has 136 valence electrons. The van der Waals surface area contributed by atoms with Gasteiger partial charge in [-0.15, -0.1) is 0 Å². The van der Waals surface area contributed by atoms with Crippen molar-refractivity contribution in [2.45, 2.75) is 13.5 Å². The second kappa shape index (κ2) is 7.06. The molecular weight excluding hydrogens is 387 g/mol. The van der Waals surface area contributed by atoms with E-state index in [2.05, 4.69) is 15.4 Å². The Kier molecular flexibility index (Phi) is 4.59. The lowest BCUT2D eigenvalue weighted by molar-refractivity contribution is 0.102. The van der Waals surface area contributed by atoms with Gasteiger partial charge in [-0.1, -0.05) is 23.2 Å². The van der Waals surface area contributed by atoms with E-state index in [0.29, 0.717) is 39.0 Å². The zero-order chi connectivity index (χ0) is 19.0. The van der Waals surface area contributed by atoms with Gasteiger partial charge in [0.2, 0.25) is 0 Å². The first-order valence-electron chi connectivity index (χ1n) is 8.12. The molecule has 0 atom stereocenters. The highest BCUT2D eigenvalue weighted by atomic mass is 35.5. The van der Waals surface area contributed by atoms with E-state index < -0.39 is 0 Å². The number of carbonyl (C=O) groups excluding carboxylic acids is 1. The van der Waals surface area contributed by atoms with Crippen LogP contribution in [0.1, 0.15) is 21.6 Å². The van der Waals surface area contributed by atoms with Gasteiger partial charge in [-0.05, 0) is 37.3 Å². The van der Waals surface area contributed by atoms with E-state index in [1.807, 2.05) is 13.0 Å². The number of amides is 1. The summed E-state index contributed by atoms with van der Waals surface area (Å²) in [6.45, 7) is 2.34. The summed E-state index contributed by atoms with van der Waals surface area (Å²) in [6.07, 6.45) is 4.72. The molecule has 0 bridgehead atoms. The van der Waals surface area contributed by atoms with Crippen LogP contribution in [0, 0.1) is 6.92 Å². The van der Waals surface area contributed by atoms with Crippen LogP contribution in [0.2, 0.25) is 10.0 Å². The van der Waals surface area contributed by atoms with Crippen LogP contribution in [0.15, 0.2) is 53.5 Å². The van der Waals surface area contributed by atoms with Crippen molar-refractivity contribution in [3.63, 3.8) is 0 Å². The summed E-state index contributed by atoms with van der Waals surface area (Å²) in [4.78, 5) is 17.1. The number of aromatic nitrogens is 3. The molecule has 1 aromatic carbocycles. The second-order valence-electron chi connectivity index (χ2n) is 6.02. The van der Waals surface area contributed by atoms with Crippen LogP contribution in [0.3, 0.4) is 0 Å². The third-order valence-corrected chi connectivity index (χ3v) is 4.78. The molecule has 0 saturated heterocycles. The van der Waals surface area contributed by atoms with Crippen LogP contribution < -0.4 is 5.32 Å². The molecule has 4 rings (SSSR count). The van der Waals surface area contributed by atoms with Crippen LogP contribution in [0.5, 0.6) is 0 Å². The fourth-order valence-corrected chi connectivity index (χ4v) is 3.31. The average Bonchev–Trinajstić information content (AvgIpc) is 3.26. The highest BCUT2D eigenvalue weighted by molar-refractivity contribution is 6.39. The molecule has 6 nitrogen and oxygen atoms in total. The molecule has 0 aliphatic carbocycles. The lowest BCUT2D eigenvalue weighted by atomic mass is 10.2. The molecule has 0 unspecified atom stereocenters. The molecule has 8 heteroatoms. The van der Waals surface area contributed by atoms with Crippen LogP contribution in [-0.2, 0) is 6.54 Å². The number of anilines is 1. The molecule has 0 saturated carbocycles. The number of hydrogen-bond acceptors (Lipinski definition) is 4. The molecule has 0 aliphatic heterocycles. The molecule has 1 amide bonds. The summed E-state index contributed by atoms with van der Waals surface area (Å²) >= 11 is 12.4. The number of rotatable bonds is 4. The molecule has 0 aliphatic rings. The van der Waals surface area contributed by atoms with E-state index in [9.17, 15) is 4.79 Å². The van der Waals surface area contributed by atoms with Gasteiger partial charge in [0.1, 0.15) is 0 Å². The van der Waals surface area contributed by atoms with E-state index in [4.69, 9.17) is 27.6 Å². The number of aryl methyl sites for hydroxylation is 1. The highest BCUT2D eigenvalue weighted by Crippen LogP contribution is 2.29. The maximum absolute atomic E-state index is 12.6. The minimum Gasteiger partial charge on any atom is -0.472 e. The maximum Gasteiger partial charge on any atom is 0.258 e. The van der Waals surface area contributed by atoms with Gasteiger partial charge in [-0.2, -0.15) is 5.10 Å². The molecule has 0 fully saturated rings. The third-order valence-electron chi connectivity index (χ3n) is 4.13. The predicted octanol–water partition coefficient (Wildman–Crippen LogP) is 4.94. The molecular formula is C19H14Cl2N4O2. The largest absolute Gasteiger partial charge is 0.472 e. The average molecular weight is 401 g/mol. The molecule has 0 spiro atoms. The number of benzene rings is 1. The van der Waals surface area contributed by atoms with E-state index in [0.717, 1.165) is 5.56 Å². The normalized spacial score (nSPS) is 11.1. The standard InChI is InChI=1S/C19H14Cl2N4O2/c1-11-16-17(21)15(19(26)23-14-4-2-13(20)3-5-14)8-22-18(16)25(24-11)9-12-6-7-27-10-12/h2-8,10H,9H2,1H3,(H,23,26). The van der Waals surface area contributed by atoms with Gasteiger partial charge in [-0.3, -0.25) is 4.79 Å². The lowest BCUT2D eigenvalue weighted by Crippen LogP contribution is -2.13. The van der Waals surface area contributed by atoms with Crippen molar-refractivity contribution in [1.29, 1.82) is 0 Å². The third kappa shape index (κ3) is 3.41. The van der Waals surface area contributed by atoms with Crippen LogP contribution in [0.4, 0.5) is 5.69 Å². The number of nitrogens with zero attached hydrogens (tertiary/aromatic N) is 3. The topological polar surface area (TPSA) is 73.0 Å². The predicted molar refractivity (Wildman–Crippen MR) is 104 cm³/mol. The Balaban J connectivity index is 1.68. The van der Waals surface area contributed by atoms with E-state index in [-0.39, 0.29) is 11.5 Å². The maximum atomic E-state index is 12.6. The number of fused-ring (bicyclic) bond motifs is 1. The van der Waals surface area contributed by atoms with E-state index in [1.165, 1.54) is 6.20 Å². The summed E-state index contributed by atoms with van der Waals surface area (Å²) in [7, 11) is 0. The zero-order valence-corrected chi connectivity index (χ0v) is 15.8. The Hall–Kier alpha value is -2.83. The number of halogens is 2. The van der Waals surface area contributed by atoms with Crippen LogP contribution in [-0.4, -0.2) is 20.7 Å². The molecule has 1 N–H and O–H groups in total. The van der Waals surface area contributed by atoms with Crippen molar-refractivity contribution in [2.75, 3.05) is 5.32 Å². The number of furan rings is 1. The Morgan fingerprint density at radius 3 is 2.70 bits per heavy atom. The second-order valence-corrected chi connectivity index (χ2v) is 6.83. The minimum absolute atomic E-state index is 0.282. The number of carbonyl (C=O) groups is 1. The zero-order valence-electron chi connectivity index (χ0n) is 14.2. The van der Waals surface area contributed by atoms with Crippen molar-refractivity contribution in [3.8, 4) is 0 Å². The quantitative estimate of drug-likeness (QED) is 0.526.